The van der Waals surface area contributed by atoms with Crippen LogP contribution in [0.2, 0.25) is 0 Å². The summed E-state index contributed by atoms with van der Waals surface area (Å²) >= 11 is 0. The summed E-state index contributed by atoms with van der Waals surface area (Å²) in [5.41, 5.74) is 1.03. The van der Waals surface area contributed by atoms with E-state index in [2.05, 4.69) is 6.92 Å². The SMILES string of the molecule is CCCCCCC(C)[18O]S(=O)(=[18O])c1ccc(C)cc1. The van der Waals surface area contributed by atoms with E-state index >= 15 is 0 Å². The molecule has 0 aliphatic heterocycles. The van der Waals surface area contributed by atoms with Gasteiger partial charge in [0.15, 0.2) is 0 Å². The number of hydrogen-bond acceptors (Lipinski definition) is 3. The molecule has 19 heavy (non-hydrogen) atoms. The van der Waals surface area contributed by atoms with E-state index in [9.17, 15) is 8.42 Å². The Hall–Kier alpha value is -0.870. The van der Waals surface area contributed by atoms with Gasteiger partial charge in [0.1, 0.15) is 0 Å². The molecule has 3 nitrogen and oxygen atoms in total. The molecule has 0 bridgehead atoms. The molecule has 2 unspecified atom stereocenters. The van der Waals surface area contributed by atoms with Crippen molar-refractivity contribution in [1.82, 2.24) is 0 Å². The van der Waals surface area contributed by atoms with Crippen molar-refractivity contribution in [2.75, 3.05) is 0 Å². The van der Waals surface area contributed by atoms with Crippen molar-refractivity contribution in [3.63, 3.8) is 0 Å². The van der Waals surface area contributed by atoms with Crippen LogP contribution in [0.25, 0.3) is 0 Å². The Morgan fingerprint density at radius 1 is 1.21 bits per heavy atom. The van der Waals surface area contributed by atoms with Gasteiger partial charge in [-0.25, -0.2) is 0 Å². The minimum absolute atomic E-state index is 0.235. The Balaban J connectivity index is 2.52. The fraction of sp³-hybridized carbons (Fsp3) is 0.600. The van der Waals surface area contributed by atoms with Crippen LogP contribution < -0.4 is 0 Å². The molecule has 0 aliphatic rings. The van der Waals surface area contributed by atoms with Gasteiger partial charge >= 0.3 is 0 Å². The van der Waals surface area contributed by atoms with Crippen LogP contribution in [0.3, 0.4) is 0 Å². The molecule has 0 saturated heterocycles. The second-order valence-corrected chi connectivity index (χ2v) is 6.60. The highest BCUT2D eigenvalue weighted by atomic mass is 32.3. The smallest absolute Gasteiger partial charge is 0.263 e. The third kappa shape index (κ3) is 5.74. The highest BCUT2D eigenvalue weighted by Gasteiger charge is 2.18. The maximum absolute atomic E-state index is 12.0. The van der Waals surface area contributed by atoms with Gasteiger partial charge in [-0.15, -0.1) is 0 Å². The van der Waals surface area contributed by atoms with Gasteiger partial charge in [0.05, 0.1) is 11.0 Å². The van der Waals surface area contributed by atoms with Gasteiger partial charge in [-0.3, -0.25) is 4.18 Å². The van der Waals surface area contributed by atoms with E-state index in [-0.39, 0.29) is 11.0 Å². The molecular weight excluding hydrogens is 264 g/mol. The lowest BCUT2D eigenvalue weighted by Gasteiger charge is -2.13. The van der Waals surface area contributed by atoms with Crippen LogP contribution in [-0.2, 0) is 14.3 Å². The summed E-state index contributed by atoms with van der Waals surface area (Å²) in [5.74, 6) is 0. The molecule has 0 aliphatic carbocycles. The Kier molecular flexibility index (Phi) is 6.52. The van der Waals surface area contributed by atoms with Gasteiger partial charge in [0.25, 0.3) is 10.1 Å². The molecule has 0 fully saturated rings. The Bertz CT molecular complexity index is 463. The van der Waals surface area contributed by atoms with Crippen molar-refractivity contribution in [2.24, 2.45) is 0 Å². The Morgan fingerprint density at radius 2 is 1.84 bits per heavy atom. The molecule has 0 radical (unpaired) electrons. The summed E-state index contributed by atoms with van der Waals surface area (Å²) in [4.78, 5) is 0.235. The summed E-state index contributed by atoms with van der Waals surface area (Å²) in [6.45, 7) is 5.90. The second kappa shape index (κ2) is 7.65. The number of rotatable bonds is 8. The largest absolute Gasteiger partial charge is 0.297 e. The first-order valence-electron chi connectivity index (χ1n) is 6.95. The van der Waals surface area contributed by atoms with Crippen LogP contribution in [0.4, 0.5) is 0 Å². The van der Waals surface area contributed by atoms with E-state index in [1.165, 1.54) is 12.8 Å². The van der Waals surface area contributed by atoms with Crippen LogP contribution >= 0.6 is 0 Å². The Morgan fingerprint density at radius 3 is 2.42 bits per heavy atom. The van der Waals surface area contributed by atoms with E-state index in [1.807, 2.05) is 13.8 Å². The molecule has 0 amide bonds. The van der Waals surface area contributed by atoms with Crippen molar-refractivity contribution in [3.05, 3.63) is 29.8 Å². The predicted molar refractivity (Wildman–Crippen MR) is 77.7 cm³/mol. The lowest BCUT2D eigenvalue weighted by atomic mass is 10.1. The first-order valence-corrected chi connectivity index (χ1v) is 8.36. The molecule has 0 saturated carbocycles. The summed E-state index contributed by atoms with van der Waals surface area (Å²) in [6, 6.07) is 6.74. The zero-order valence-corrected chi connectivity index (χ0v) is 12.9. The normalized spacial score (nSPS) is 15.9. The lowest BCUT2D eigenvalue weighted by molar-refractivity contribution is 0.213. The molecule has 1 aromatic carbocycles. The van der Waals surface area contributed by atoms with Gasteiger partial charge in [0, 0.05) is 0 Å². The minimum Gasteiger partial charge on any atom is -0.263 e. The first-order chi connectivity index (χ1) is 8.95. The van der Waals surface area contributed by atoms with Gasteiger partial charge < -0.3 is 0 Å². The maximum Gasteiger partial charge on any atom is 0.297 e. The number of hydrogen-bond donors (Lipinski definition) is 0. The third-order valence-corrected chi connectivity index (χ3v) is 4.50. The summed E-state index contributed by atoms with van der Waals surface area (Å²) in [7, 11) is -3.62. The molecule has 0 spiro atoms. The summed E-state index contributed by atoms with van der Waals surface area (Å²) in [5, 5.41) is 0. The van der Waals surface area contributed by atoms with Crippen molar-refractivity contribution in [1.29, 1.82) is 0 Å². The fourth-order valence-electron chi connectivity index (χ4n) is 1.88. The molecule has 1 rings (SSSR count). The van der Waals surface area contributed by atoms with Crippen LogP contribution in [0.5, 0.6) is 0 Å². The van der Waals surface area contributed by atoms with Crippen LogP contribution in [0, 0.1) is 6.92 Å². The van der Waals surface area contributed by atoms with E-state index in [0.29, 0.717) is 0 Å². The van der Waals surface area contributed by atoms with Gasteiger partial charge in [0.2, 0.25) is 0 Å². The molecular formula is C15H24O3S. The van der Waals surface area contributed by atoms with Crippen molar-refractivity contribution < 1.29 is 12.6 Å². The molecule has 1 aromatic rings. The van der Waals surface area contributed by atoms with Crippen LogP contribution in [0.1, 0.15) is 51.5 Å². The van der Waals surface area contributed by atoms with Gasteiger partial charge in [-0.1, -0.05) is 50.3 Å². The molecule has 4 heteroatoms. The highest BCUT2D eigenvalue weighted by molar-refractivity contribution is 7.86. The minimum atomic E-state index is -3.62. The zero-order chi connectivity index (χ0) is 14.3. The van der Waals surface area contributed by atoms with Crippen molar-refractivity contribution >= 4 is 10.1 Å². The average Bonchev–Trinajstić information content (AvgIpc) is 2.34. The lowest BCUT2D eigenvalue weighted by Crippen LogP contribution is -2.15. The molecule has 0 N–H and O–H groups in total. The second-order valence-electron chi connectivity index (χ2n) is 5.02. The molecule has 0 aromatic heterocycles. The molecule has 108 valence electrons. The quantitative estimate of drug-likeness (QED) is 0.411. The third-order valence-electron chi connectivity index (χ3n) is 3.06. The monoisotopic (exact) mass is 288 g/mol. The standard InChI is InChI=1S/C15H24O3S/c1-4-5-6-7-8-14(3)18-19(16,17)15-11-9-13(2)10-12-15/h9-12,14H,4-8H2,1-3H3/i16+2,18+2. The summed E-state index contributed by atoms with van der Waals surface area (Å²) in [6.07, 6.45) is 5.04. The van der Waals surface area contributed by atoms with E-state index in [0.717, 1.165) is 24.8 Å². The molecule has 2 atom stereocenters. The van der Waals surface area contributed by atoms with Gasteiger partial charge in [-0.2, -0.15) is 8.42 Å². The highest BCUT2D eigenvalue weighted by Crippen LogP contribution is 2.17. The predicted octanol–water partition coefficient (Wildman–Crippen LogP) is 4.06. The Labute approximate surface area is 117 Å². The van der Waals surface area contributed by atoms with E-state index in [4.69, 9.17) is 4.18 Å². The number of unbranched alkanes of at least 4 members (excludes halogenated alkanes) is 3. The first kappa shape index (κ1) is 16.2. The fourth-order valence-corrected chi connectivity index (χ4v) is 2.99. The topological polar surface area (TPSA) is 43.4 Å². The van der Waals surface area contributed by atoms with Crippen molar-refractivity contribution in [2.45, 2.75) is 63.9 Å². The number of aryl methyl sites for hydroxylation is 1. The average molecular weight is 288 g/mol. The van der Waals surface area contributed by atoms with Crippen molar-refractivity contribution in [3.8, 4) is 0 Å². The van der Waals surface area contributed by atoms with Crippen LogP contribution in [0.15, 0.2) is 29.2 Å². The number of benzene rings is 1. The van der Waals surface area contributed by atoms with E-state index < -0.39 is 10.1 Å². The molecule has 0 heterocycles. The van der Waals surface area contributed by atoms with E-state index in [1.54, 1.807) is 24.3 Å². The zero-order valence-electron chi connectivity index (χ0n) is 12.1. The summed E-state index contributed by atoms with van der Waals surface area (Å²) < 4.78 is 29.3. The maximum atomic E-state index is 12.0. The van der Waals surface area contributed by atoms with Gasteiger partial charge in [-0.05, 0) is 32.4 Å². The van der Waals surface area contributed by atoms with Crippen LogP contribution in [-0.4, -0.2) is 14.5 Å².